The van der Waals surface area contributed by atoms with Gasteiger partial charge in [0.2, 0.25) is 10.0 Å². The number of halogens is 1. The number of cyclic esters (lactones) is 1. The molecule has 1 unspecified atom stereocenters. The summed E-state index contributed by atoms with van der Waals surface area (Å²) in [7, 11) is -2.16. The largest absolute Gasteiger partial charge is 0.495 e. The Kier molecular flexibility index (Phi) is 5.36. The summed E-state index contributed by atoms with van der Waals surface area (Å²) in [5.74, 6) is 0.496. The lowest BCUT2D eigenvalue weighted by molar-refractivity contribution is 0.143. The molecule has 1 aliphatic rings. The Labute approximate surface area is 156 Å². The molecule has 138 valence electrons. The fourth-order valence-electron chi connectivity index (χ4n) is 2.55. The van der Waals surface area contributed by atoms with Crippen LogP contribution in [0.2, 0.25) is 5.02 Å². The lowest BCUT2D eigenvalue weighted by Crippen LogP contribution is -2.34. The summed E-state index contributed by atoms with van der Waals surface area (Å²) in [6.45, 7) is 0.183. The summed E-state index contributed by atoms with van der Waals surface area (Å²) in [5.41, 5.74) is 0.550. The Hall–Kier alpha value is -2.29. The van der Waals surface area contributed by atoms with Crippen molar-refractivity contribution in [2.45, 2.75) is 11.0 Å². The molecule has 1 atom stereocenters. The normalized spacial score (nSPS) is 17.2. The predicted molar refractivity (Wildman–Crippen MR) is 97.2 cm³/mol. The van der Waals surface area contributed by atoms with Crippen molar-refractivity contribution in [3.8, 4) is 5.75 Å². The van der Waals surface area contributed by atoms with Gasteiger partial charge in [0, 0.05) is 12.2 Å². The maximum Gasteiger partial charge on any atom is 0.414 e. The Bertz CT molecular complexity index is 905. The van der Waals surface area contributed by atoms with Crippen LogP contribution in [0.3, 0.4) is 0 Å². The number of amides is 1. The number of ether oxygens (including phenoxy) is 2. The van der Waals surface area contributed by atoms with E-state index < -0.39 is 22.2 Å². The molecule has 1 saturated heterocycles. The zero-order valence-electron chi connectivity index (χ0n) is 13.9. The van der Waals surface area contributed by atoms with Crippen LogP contribution in [-0.4, -0.2) is 40.8 Å². The number of nitrogens with zero attached hydrogens (tertiary/aromatic N) is 1. The van der Waals surface area contributed by atoms with Gasteiger partial charge in [-0.15, -0.1) is 0 Å². The van der Waals surface area contributed by atoms with Crippen LogP contribution in [0.25, 0.3) is 0 Å². The second-order valence-corrected chi connectivity index (χ2v) is 7.77. The minimum atomic E-state index is -3.66. The van der Waals surface area contributed by atoms with Crippen molar-refractivity contribution in [3.63, 3.8) is 0 Å². The van der Waals surface area contributed by atoms with Crippen molar-refractivity contribution in [1.29, 1.82) is 0 Å². The smallest absolute Gasteiger partial charge is 0.414 e. The van der Waals surface area contributed by atoms with Gasteiger partial charge in [-0.25, -0.2) is 17.9 Å². The summed E-state index contributed by atoms with van der Waals surface area (Å²) < 4.78 is 37.3. The van der Waals surface area contributed by atoms with Crippen molar-refractivity contribution in [1.82, 2.24) is 4.72 Å². The molecule has 0 saturated carbocycles. The van der Waals surface area contributed by atoms with Crippen molar-refractivity contribution in [2.75, 3.05) is 25.1 Å². The van der Waals surface area contributed by atoms with Crippen LogP contribution in [0.15, 0.2) is 53.4 Å². The first-order chi connectivity index (χ1) is 12.4. The van der Waals surface area contributed by atoms with E-state index in [1.807, 2.05) is 0 Å². The van der Waals surface area contributed by atoms with Crippen LogP contribution in [-0.2, 0) is 14.8 Å². The van der Waals surface area contributed by atoms with Crippen molar-refractivity contribution in [3.05, 3.63) is 53.6 Å². The number of benzene rings is 2. The quantitative estimate of drug-likeness (QED) is 0.811. The maximum atomic E-state index is 12.2. The Morgan fingerprint density at radius 1 is 1.27 bits per heavy atom. The zero-order chi connectivity index (χ0) is 18.7. The summed E-state index contributed by atoms with van der Waals surface area (Å²) >= 11 is 6.09. The third kappa shape index (κ3) is 3.92. The Balaban J connectivity index is 1.66. The number of carbonyl (C=O) groups is 1. The van der Waals surface area contributed by atoms with Gasteiger partial charge in [0.05, 0.1) is 23.6 Å². The molecule has 3 rings (SSSR count). The van der Waals surface area contributed by atoms with Crippen molar-refractivity contribution in [2.24, 2.45) is 0 Å². The van der Waals surface area contributed by atoms with E-state index in [1.54, 1.807) is 36.4 Å². The molecular formula is C17H17ClN2O5S. The van der Waals surface area contributed by atoms with Crippen LogP contribution in [0.5, 0.6) is 5.75 Å². The van der Waals surface area contributed by atoms with Gasteiger partial charge in [-0.2, -0.15) is 0 Å². The number of hydrogen-bond donors (Lipinski definition) is 1. The predicted octanol–water partition coefficient (Wildman–Crippen LogP) is 2.65. The molecule has 0 spiro atoms. The van der Waals surface area contributed by atoms with Crippen LogP contribution >= 0.6 is 11.6 Å². The van der Waals surface area contributed by atoms with Crippen molar-refractivity contribution >= 4 is 33.4 Å². The van der Waals surface area contributed by atoms with Crippen molar-refractivity contribution < 1.29 is 22.7 Å². The second-order valence-electron chi connectivity index (χ2n) is 5.60. The highest BCUT2D eigenvalue weighted by molar-refractivity contribution is 7.89. The monoisotopic (exact) mass is 396 g/mol. The van der Waals surface area contributed by atoms with E-state index in [4.69, 9.17) is 21.1 Å². The molecule has 1 N–H and O–H groups in total. The first-order valence-electron chi connectivity index (χ1n) is 7.77. The second kappa shape index (κ2) is 7.53. The third-order valence-electron chi connectivity index (χ3n) is 3.88. The highest BCUT2D eigenvalue weighted by Crippen LogP contribution is 2.31. The average Bonchev–Trinajstić information content (AvgIpc) is 3.01. The lowest BCUT2D eigenvalue weighted by atomic mass is 10.2. The summed E-state index contributed by atoms with van der Waals surface area (Å²) in [6.07, 6.45) is -1.17. The number of methoxy groups -OCH3 is 1. The van der Waals surface area contributed by atoms with E-state index in [2.05, 4.69) is 4.72 Å². The SMILES string of the molecule is COc1ccc(N2CC(CNS(=O)(=O)c3ccccc3)OC2=O)cc1Cl. The lowest BCUT2D eigenvalue weighted by Gasteiger charge is -2.14. The van der Waals surface area contributed by atoms with E-state index in [0.29, 0.717) is 16.5 Å². The highest BCUT2D eigenvalue weighted by atomic mass is 35.5. The van der Waals surface area contributed by atoms with Crippen LogP contribution < -0.4 is 14.4 Å². The third-order valence-corrected chi connectivity index (χ3v) is 5.61. The van der Waals surface area contributed by atoms with Gasteiger partial charge in [-0.1, -0.05) is 29.8 Å². The molecule has 26 heavy (non-hydrogen) atoms. The molecule has 2 aromatic carbocycles. The molecule has 1 heterocycles. The van der Waals surface area contributed by atoms with E-state index in [-0.39, 0.29) is 18.0 Å². The van der Waals surface area contributed by atoms with Crippen LogP contribution in [0, 0.1) is 0 Å². The maximum absolute atomic E-state index is 12.2. The summed E-state index contributed by atoms with van der Waals surface area (Å²) in [6, 6.07) is 12.9. The molecule has 0 bridgehead atoms. The molecule has 7 nitrogen and oxygen atoms in total. The van der Waals surface area contributed by atoms with Gasteiger partial charge in [0.15, 0.2) is 0 Å². The number of carbonyl (C=O) groups excluding carboxylic acids is 1. The number of hydrogen-bond acceptors (Lipinski definition) is 5. The average molecular weight is 397 g/mol. The Morgan fingerprint density at radius 2 is 2.00 bits per heavy atom. The molecule has 1 aliphatic heterocycles. The van der Waals surface area contributed by atoms with E-state index in [9.17, 15) is 13.2 Å². The van der Waals surface area contributed by atoms with Gasteiger partial charge in [0.1, 0.15) is 11.9 Å². The van der Waals surface area contributed by atoms with Crippen LogP contribution in [0.4, 0.5) is 10.5 Å². The first kappa shape index (κ1) is 18.5. The van der Waals surface area contributed by atoms with Gasteiger partial charge >= 0.3 is 6.09 Å². The zero-order valence-corrected chi connectivity index (χ0v) is 15.5. The first-order valence-corrected chi connectivity index (χ1v) is 9.63. The molecule has 9 heteroatoms. The minimum absolute atomic E-state index is 0.0244. The van der Waals surface area contributed by atoms with Gasteiger partial charge in [0.25, 0.3) is 0 Å². The summed E-state index contributed by atoms with van der Waals surface area (Å²) in [5, 5.41) is 0.367. The van der Waals surface area contributed by atoms with Gasteiger partial charge in [-0.3, -0.25) is 4.90 Å². The standard InChI is InChI=1S/C17H17ClN2O5S/c1-24-16-8-7-12(9-15(16)18)20-11-13(25-17(20)21)10-19-26(22,23)14-5-3-2-4-6-14/h2-9,13,19H,10-11H2,1H3. The molecule has 0 aromatic heterocycles. The molecule has 1 amide bonds. The molecule has 1 fully saturated rings. The summed E-state index contributed by atoms with van der Waals surface area (Å²) in [4.78, 5) is 13.6. The van der Waals surface area contributed by atoms with E-state index >= 15 is 0 Å². The molecular weight excluding hydrogens is 380 g/mol. The van der Waals surface area contributed by atoms with Gasteiger partial charge in [-0.05, 0) is 30.3 Å². The van der Waals surface area contributed by atoms with E-state index in [0.717, 1.165) is 0 Å². The molecule has 0 radical (unpaired) electrons. The van der Waals surface area contributed by atoms with E-state index in [1.165, 1.54) is 24.1 Å². The highest BCUT2D eigenvalue weighted by Gasteiger charge is 2.33. The number of nitrogens with one attached hydrogen (secondary N) is 1. The topological polar surface area (TPSA) is 84.9 Å². The fourth-order valence-corrected chi connectivity index (χ4v) is 3.89. The Morgan fingerprint density at radius 3 is 2.65 bits per heavy atom. The molecule has 2 aromatic rings. The molecule has 0 aliphatic carbocycles. The van der Waals surface area contributed by atoms with Gasteiger partial charge < -0.3 is 9.47 Å². The van der Waals surface area contributed by atoms with Crippen LogP contribution in [0.1, 0.15) is 0 Å². The number of sulfonamides is 1. The number of anilines is 1. The number of rotatable bonds is 6. The minimum Gasteiger partial charge on any atom is -0.495 e. The fraction of sp³-hybridized carbons (Fsp3) is 0.235.